The first-order valence-corrected chi connectivity index (χ1v) is 8.65. The van der Waals surface area contributed by atoms with Crippen molar-refractivity contribution >= 4 is 17.6 Å². The van der Waals surface area contributed by atoms with Crippen molar-refractivity contribution in [3.8, 4) is 0 Å². The van der Waals surface area contributed by atoms with E-state index in [0.29, 0.717) is 42.9 Å². The minimum atomic E-state index is -4.48. The Morgan fingerprint density at radius 2 is 2.15 bits per heavy atom. The highest BCUT2D eigenvalue weighted by atomic mass is 35.5. The van der Waals surface area contributed by atoms with E-state index in [4.69, 9.17) is 21.4 Å². The predicted octanol–water partition coefficient (Wildman–Crippen LogP) is 4.71. The van der Waals surface area contributed by atoms with Gasteiger partial charge in [-0.25, -0.2) is 4.79 Å². The average Bonchev–Trinajstić information content (AvgIpc) is 2.58. The fourth-order valence-corrected chi connectivity index (χ4v) is 2.80. The molecule has 0 saturated heterocycles. The molecule has 1 aromatic rings. The second-order valence-corrected chi connectivity index (χ2v) is 6.24. The summed E-state index contributed by atoms with van der Waals surface area (Å²) in [5.74, 6) is -0.428. The summed E-state index contributed by atoms with van der Waals surface area (Å²) in [7, 11) is 0. The first-order chi connectivity index (χ1) is 12.8. The van der Waals surface area contributed by atoms with Crippen LogP contribution in [0.4, 0.5) is 13.2 Å². The number of hydrogen-bond donors (Lipinski definition) is 2. The Hall–Kier alpha value is -2.25. The highest BCUT2D eigenvalue weighted by Gasteiger charge is 2.33. The molecule has 2 rings (SSSR count). The molecule has 0 amide bonds. The summed E-state index contributed by atoms with van der Waals surface area (Å²) < 4.78 is 44.0. The number of aliphatic carboxylic acids is 1. The number of ether oxygens (including phenoxy) is 1. The smallest absolute Gasteiger partial charge is 0.417 e. The summed E-state index contributed by atoms with van der Waals surface area (Å²) in [5.41, 5.74) is 0.194. The largest absolute Gasteiger partial charge is 0.494 e. The molecule has 0 unspecified atom stereocenters. The molecule has 8 heteroatoms. The molecule has 27 heavy (non-hydrogen) atoms. The zero-order valence-corrected chi connectivity index (χ0v) is 15.1. The molecule has 2 N–H and O–H groups in total. The number of allylic oxidation sites excluding steroid dienone is 4. The van der Waals surface area contributed by atoms with Crippen molar-refractivity contribution in [3.05, 3.63) is 70.0 Å². The number of hydrogen-bond acceptors (Lipinski definition) is 3. The van der Waals surface area contributed by atoms with E-state index in [1.807, 2.05) is 6.08 Å². The lowest BCUT2D eigenvalue weighted by Crippen LogP contribution is -2.17. The molecular weight excluding hydrogens is 383 g/mol. The van der Waals surface area contributed by atoms with Crippen molar-refractivity contribution in [2.24, 2.45) is 0 Å². The van der Waals surface area contributed by atoms with E-state index in [1.54, 1.807) is 18.2 Å². The zero-order chi connectivity index (χ0) is 19.9. The van der Waals surface area contributed by atoms with E-state index in [0.717, 1.165) is 12.1 Å². The van der Waals surface area contributed by atoms with Gasteiger partial charge in [-0.3, -0.25) is 0 Å². The van der Waals surface area contributed by atoms with Gasteiger partial charge in [-0.1, -0.05) is 29.8 Å². The van der Waals surface area contributed by atoms with Crippen LogP contribution in [0.5, 0.6) is 0 Å². The Morgan fingerprint density at radius 1 is 1.37 bits per heavy atom. The third kappa shape index (κ3) is 6.77. The van der Waals surface area contributed by atoms with Gasteiger partial charge in [0, 0.05) is 12.6 Å². The van der Waals surface area contributed by atoms with Gasteiger partial charge in [-0.2, -0.15) is 13.2 Å². The van der Waals surface area contributed by atoms with Gasteiger partial charge < -0.3 is 15.2 Å². The maximum absolute atomic E-state index is 12.8. The summed E-state index contributed by atoms with van der Waals surface area (Å²) in [5, 5.41) is 11.5. The van der Waals surface area contributed by atoms with E-state index in [9.17, 15) is 18.0 Å². The molecule has 0 fully saturated rings. The van der Waals surface area contributed by atoms with Crippen LogP contribution in [0.1, 0.15) is 24.0 Å². The van der Waals surface area contributed by atoms with Gasteiger partial charge in [0.2, 0.25) is 0 Å². The van der Waals surface area contributed by atoms with E-state index < -0.39 is 17.7 Å². The molecule has 0 atom stereocenters. The van der Waals surface area contributed by atoms with Crippen molar-refractivity contribution < 1.29 is 27.8 Å². The summed E-state index contributed by atoms with van der Waals surface area (Å²) in [6, 6.07) is 3.84. The molecule has 146 valence electrons. The number of halogens is 4. The number of carbonyl (C=O) groups is 1. The summed E-state index contributed by atoms with van der Waals surface area (Å²) in [6.07, 6.45) is 3.08. The highest BCUT2D eigenvalue weighted by molar-refractivity contribution is 6.32. The number of carboxylic acids is 1. The van der Waals surface area contributed by atoms with Gasteiger partial charge in [0.1, 0.15) is 5.76 Å². The lowest BCUT2D eigenvalue weighted by molar-refractivity contribution is -0.137. The van der Waals surface area contributed by atoms with Crippen molar-refractivity contribution in [2.75, 3.05) is 13.2 Å². The Bertz CT molecular complexity index is 770. The monoisotopic (exact) mass is 401 g/mol. The minimum absolute atomic E-state index is 0.219. The van der Waals surface area contributed by atoms with Crippen molar-refractivity contribution in [1.82, 2.24) is 5.32 Å². The fraction of sp³-hybridized carbons (Fsp3) is 0.316. The van der Waals surface area contributed by atoms with Crippen molar-refractivity contribution in [3.63, 3.8) is 0 Å². The second kappa shape index (κ2) is 9.62. The van der Waals surface area contributed by atoms with Crippen molar-refractivity contribution in [1.29, 1.82) is 0 Å². The maximum Gasteiger partial charge on any atom is 0.417 e. The van der Waals surface area contributed by atoms with E-state index in [-0.39, 0.29) is 11.6 Å². The molecule has 0 bridgehead atoms. The molecule has 0 aromatic heterocycles. The molecule has 0 heterocycles. The van der Waals surface area contributed by atoms with Gasteiger partial charge in [0.15, 0.2) is 0 Å². The van der Waals surface area contributed by atoms with Gasteiger partial charge in [-0.05, 0) is 48.7 Å². The lowest BCUT2D eigenvalue weighted by atomic mass is 10.1. The Balaban J connectivity index is 1.75. The minimum Gasteiger partial charge on any atom is -0.494 e. The van der Waals surface area contributed by atoms with Crippen LogP contribution in [0.3, 0.4) is 0 Å². The van der Waals surface area contributed by atoms with Crippen LogP contribution < -0.4 is 5.32 Å². The molecule has 0 radical (unpaired) electrons. The highest BCUT2D eigenvalue weighted by Crippen LogP contribution is 2.36. The number of nitrogens with one attached hydrogen (secondary N) is 1. The molecule has 0 saturated carbocycles. The quantitative estimate of drug-likeness (QED) is 0.489. The Kier molecular flexibility index (Phi) is 7.50. The first kappa shape index (κ1) is 21.1. The van der Waals surface area contributed by atoms with Crippen LogP contribution in [0.15, 0.2) is 53.8 Å². The molecular formula is C19H19ClF3NO3. The Labute approximate surface area is 160 Å². The summed E-state index contributed by atoms with van der Waals surface area (Å²) >= 11 is 5.84. The molecule has 1 aliphatic rings. The van der Waals surface area contributed by atoms with Gasteiger partial charge in [0.05, 0.1) is 17.2 Å². The number of carboxylic acid groups (broad SMARTS) is 1. The average molecular weight is 402 g/mol. The topological polar surface area (TPSA) is 58.6 Å². The van der Waals surface area contributed by atoms with Crippen LogP contribution in [-0.4, -0.2) is 24.2 Å². The number of alkyl halides is 3. The SMILES string of the molecule is O=C(O)C=C1C=C(OCCCNCc2cccc(C(F)(F)F)c2Cl)C=CC1. The lowest BCUT2D eigenvalue weighted by Gasteiger charge is -2.13. The second-order valence-electron chi connectivity index (χ2n) is 5.87. The normalized spacial score (nSPS) is 15.7. The first-order valence-electron chi connectivity index (χ1n) is 8.27. The van der Waals surface area contributed by atoms with Crippen LogP contribution >= 0.6 is 11.6 Å². The third-order valence-electron chi connectivity index (χ3n) is 3.74. The zero-order valence-electron chi connectivity index (χ0n) is 14.4. The number of rotatable bonds is 8. The van der Waals surface area contributed by atoms with Crippen molar-refractivity contribution in [2.45, 2.75) is 25.6 Å². The summed E-state index contributed by atoms with van der Waals surface area (Å²) in [6.45, 7) is 1.14. The van der Waals surface area contributed by atoms with Gasteiger partial charge >= 0.3 is 12.1 Å². The van der Waals surface area contributed by atoms with Crippen LogP contribution in [0.2, 0.25) is 5.02 Å². The molecule has 0 spiro atoms. The van der Waals surface area contributed by atoms with Crippen LogP contribution in [0, 0.1) is 0 Å². The summed E-state index contributed by atoms with van der Waals surface area (Å²) in [4.78, 5) is 10.7. The molecule has 1 aromatic carbocycles. The standard InChI is InChI=1S/C19H19ClF3NO3/c20-18-14(5-2-7-16(18)19(21,22)23)12-24-8-3-9-27-15-6-1-4-13(10-15)11-17(25)26/h1-2,5-7,10-11,24H,3-4,8-9,12H2,(H,25,26). The third-order valence-corrected chi connectivity index (χ3v) is 4.18. The van der Waals surface area contributed by atoms with Gasteiger partial charge in [-0.15, -0.1) is 0 Å². The molecule has 0 aliphatic heterocycles. The van der Waals surface area contributed by atoms with E-state index >= 15 is 0 Å². The number of benzene rings is 1. The van der Waals surface area contributed by atoms with Crippen LogP contribution in [-0.2, 0) is 22.3 Å². The maximum atomic E-state index is 12.8. The molecule has 4 nitrogen and oxygen atoms in total. The molecule has 1 aliphatic carbocycles. The van der Waals surface area contributed by atoms with E-state index in [1.165, 1.54) is 6.07 Å². The predicted molar refractivity (Wildman–Crippen MR) is 96.3 cm³/mol. The van der Waals surface area contributed by atoms with Crippen LogP contribution in [0.25, 0.3) is 0 Å². The van der Waals surface area contributed by atoms with E-state index in [2.05, 4.69) is 5.32 Å². The Morgan fingerprint density at radius 3 is 2.85 bits per heavy atom. The van der Waals surface area contributed by atoms with Gasteiger partial charge in [0.25, 0.3) is 0 Å². The fourth-order valence-electron chi connectivity index (χ4n) is 2.50.